The lowest BCUT2D eigenvalue weighted by Gasteiger charge is -2.24. The topological polar surface area (TPSA) is 21.3 Å². The molecule has 21 heavy (non-hydrogen) atoms. The number of nitrogens with one attached hydrogen (secondary N) is 1. The molecule has 0 aromatic heterocycles. The summed E-state index contributed by atoms with van der Waals surface area (Å²) in [6.45, 7) is 17.6. The van der Waals surface area contributed by atoms with Crippen molar-refractivity contribution in [3.63, 3.8) is 0 Å². The Morgan fingerprint density at radius 3 is 2.24 bits per heavy atom. The van der Waals surface area contributed by atoms with Crippen molar-refractivity contribution in [3.05, 3.63) is 29.3 Å². The van der Waals surface area contributed by atoms with E-state index in [0.29, 0.717) is 29.4 Å². The van der Waals surface area contributed by atoms with Crippen molar-refractivity contribution in [2.24, 2.45) is 16.7 Å². The molecule has 0 bridgehead atoms. The molecule has 2 nitrogen and oxygen atoms in total. The van der Waals surface area contributed by atoms with E-state index in [9.17, 15) is 0 Å². The second kappa shape index (κ2) is 5.64. The molecule has 1 atom stereocenters. The summed E-state index contributed by atoms with van der Waals surface area (Å²) in [4.78, 5) is 0. The van der Waals surface area contributed by atoms with Gasteiger partial charge in [0.25, 0.3) is 0 Å². The van der Waals surface area contributed by atoms with Crippen molar-refractivity contribution in [1.29, 1.82) is 0 Å². The molecule has 0 radical (unpaired) electrons. The molecular formula is C19H31NO. The zero-order valence-electron chi connectivity index (χ0n) is 14.7. The van der Waals surface area contributed by atoms with Crippen molar-refractivity contribution in [1.82, 2.24) is 5.32 Å². The Morgan fingerprint density at radius 1 is 1.14 bits per heavy atom. The molecule has 118 valence electrons. The highest BCUT2D eigenvalue weighted by atomic mass is 16.5. The fourth-order valence-corrected chi connectivity index (χ4v) is 3.91. The van der Waals surface area contributed by atoms with Crippen LogP contribution in [0, 0.1) is 23.7 Å². The molecule has 0 aliphatic heterocycles. The molecular weight excluding hydrogens is 258 g/mol. The van der Waals surface area contributed by atoms with Crippen LogP contribution in [0.3, 0.4) is 0 Å². The summed E-state index contributed by atoms with van der Waals surface area (Å²) in [5.74, 6) is 1.67. The van der Waals surface area contributed by atoms with Crippen LogP contribution in [0.4, 0.5) is 0 Å². The molecule has 0 saturated heterocycles. The molecule has 1 aliphatic rings. The first-order chi connectivity index (χ1) is 9.77. The van der Waals surface area contributed by atoms with Gasteiger partial charge in [0.15, 0.2) is 0 Å². The Morgan fingerprint density at radius 2 is 1.76 bits per heavy atom. The molecule has 0 amide bonds. The minimum atomic E-state index is 0.354. The van der Waals surface area contributed by atoms with Crippen LogP contribution in [0.2, 0.25) is 0 Å². The lowest BCUT2D eigenvalue weighted by Crippen LogP contribution is -2.26. The molecule has 0 spiro atoms. The lowest BCUT2D eigenvalue weighted by molar-refractivity contribution is 0.323. The van der Waals surface area contributed by atoms with E-state index in [2.05, 4.69) is 72.0 Å². The standard InChI is InChI=1S/C19H31NO/c1-8-20-16(17-18(4,5)19(17,6)7)14-12-13(3)10-11-15(14)21-9-2/h10-12,16-17,20H,8-9H2,1-7H3. The zero-order valence-corrected chi connectivity index (χ0v) is 14.7. The van der Waals surface area contributed by atoms with Crippen molar-refractivity contribution in [3.8, 4) is 5.75 Å². The van der Waals surface area contributed by atoms with Crippen LogP contribution in [0.25, 0.3) is 0 Å². The maximum absolute atomic E-state index is 5.89. The Labute approximate surface area is 130 Å². The van der Waals surface area contributed by atoms with Crippen LogP contribution in [-0.4, -0.2) is 13.2 Å². The fourth-order valence-electron chi connectivity index (χ4n) is 3.91. The number of hydrogen-bond acceptors (Lipinski definition) is 2. The number of benzene rings is 1. The summed E-state index contributed by atoms with van der Waals surface area (Å²) in [6.07, 6.45) is 0. The molecule has 2 heteroatoms. The smallest absolute Gasteiger partial charge is 0.124 e. The first-order valence-electron chi connectivity index (χ1n) is 8.24. The highest BCUT2D eigenvalue weighted by Gasteiger charge is 2.67. The van der Waals surface area contributed by atoms with E-state index in [1.807, 2.05) is 0 Å². The Hall–Kier alpha value is -1.02. The minimum Gasteiger partial charge on any atom is -0.494 e. The molecule has 1 aromatic carbocycles. The second-order valence-electron chi connectivity index (χ2n) is 7.43. The first kappa shape index (κ1) is 16.4. The maximum Gasteiger partial charge on any atom is 0.124 e. The second-order valence-corrected chi connectivity index (χ2v) is 7.43. The third-order valence-electron chi connectivity index (χ3n) is 5.69. The molecule has 1 N–H and O–H groups in total. The van der Waals surface area contributed by atoms with Gasteiger partial charge in [0.05, 0.1) is 6.61 Å². The van der Waals surface area contributed by atoms with Gasteiger partial charge in [0, 0.05) is 11.6 Å². The van der Waals surface area contributed by atoms with Crippen LogP contribution in [0.1, 0.15) is 58.7 Å². The van der Waals surface area contributed by atoms with Gasteiger partial charge in [0.2, 0.25) is 0 Å². The lowest BCUT2D eigenvalue weighted by atomic mass is 9.94. The van der Waals surface area contributed by atoms with Gasteiger partial charge in [-0.05, 0) is 43.2 Å². The third-order valence-corrected chi connectivity index (χ3v) is 5.69. The molecule has 1 fully saturated rings. The molecule has 1 aliphatic carbocycles. The summed E-state index contributed by atoms with van der Waals surface area (Å²) in [5, 5.41) is 3.72. The van der Waals surface area contributed by atoms with Crippen LogP contribution >= 0.6 is 0 Å². The fraction of sp³-hybridized carbons (Fsp3) is 0.684. The molecule has 2 rings (SSSR count). The van der Waals surface area contributed by atoms with E-state index < -0.39 is 0 Å². The first-order valence-corrected chi connectivity index (χ1v) is 8.24. The number of rotatable bonds is 6. The van der Waals surface area contributed by atoms with Gasteiger partial charge in [-0.25, -0.2) is 0 Å². The SMILES string of the molecule is CCNC(c1cc(C)ccc1OCC)C1C(C)(C)C1(C)C. The quantitative estimate of drug-likeness (QED) is 0.817. The van der Waals surface area contributed by atoms with Gasteiger partial charge in [0.1, 0.15) is 5.75 Å². The average Bonchev–Trinajstić information content (AvgIpc) is 2.80. The van der Waals surface area contributed by atoms with E-state index in [-0.39, 0.29) is 0 Å². The summed E-state index contributed by atoms with van der Waals surface area (Å²) >= 11 is 0. The summed E-state index contributed by atoms with van der Waals surface area (Å²) in [7, 11) is 0. The predicted molar refractivity (Wildman–Crippen MR) is 89.8 cm³/mol. The van der Waals surface area contributed by atoms with E-state index in [1.165, 1.54) is 11.1 Å². The Balaban J connectivity index is 2.42. The van der Waals surface area contributed by atoms with Gasteiger partial charge in [-0.1, -0.05) is 52.3 Å². The van der Waals surface area contributed by atoms with E-state index >= 15 is 0 Å². The van der Waals surface area contributed by atoms with E-state index in [4.69, 9.17) is 4.74 Å². The summed E-state index contributed by atoms with van der Waals surface area (Å²) < 4.78 is 5.89. The average molecular weight is 289 g/mol. The van der Waals surface area contributed by atoms with Gasteiger partial charge < -0.3 is 10.1 Å². The van der Waals surface area contributed by atoms with Crippen LogP contribution in [-0.2, 0) is 0 Å². The Bertz CT molecular complexity index is 490. The molecule has 0 heterocycles. The van der Waals surface area contributed by atoms with Gasteiger partial charge in [-0.15, -0.1) is 0 Å². The Kier molecular flexibility index (Phi) is 4.39. The van der Waals surface area contributed by atoms with Crippen LogP contribution < -0.4 is 10.1 Å². The predicted octanol–water partition coefficient (Wildman–Crippen LogP) is 4.73. The largest absolute Gasteiger partial charge is 0.494 e. The highest BCUT2D eigenvalue weighted by molar-refractivity contribution is 5.41. The van der Waals surface area contributed by atoms with Crippen LogP contribution in [0.15, 0.2) is 18.2 Å². The van der Waals surface area contributed by atoms with Crippen molar-refractivity contribution >= 4 is 0 Å². The molecule has 1 saturated carbocycles. The summed E-state index contributed by atoms with van der Waals surface area (Å²) in [6, 6.07) is 6.92. The van der Waals surface area contributed by atoms with E-state index in [0.717, 1.165) is 12.3 Å². The molecule has 1 aromatic rings. The zero-order chi connectivity index (χ0) is 15.8. The number of ether oxygens (including phenoxy) is 1. The minimum absolute atomic E-state index is 0.354. The molecule has 1 unspecified atom stereocenters. The van der Waals surface area contributed by atoms with Gasteiger partial charge in [-0.2, -0.15) is 0 Å². The normalized spacial score (nSPS) is 21.1. The van der Waals surface area contributed by atoms with Crippen molar-refractivity contribution < 1.29 is 4.74 Å². The van der Waals surface area contributed by atoms with Gasteiger partial charge >= 0.3 is 0 Å². The van der Waals surface area contributed by atoms with Crippen molar-refractivity contribution in [2.45, 2.75) is 54.5 Å². The maximum atomic E-state index is 5.89. The number of hydrogen-bond donors (Lipinski definition) is 1. The van der Waals surface area contributed by atoms with E-state index in [1.54, 1.807) is 0 Å². The monoisotopic (exact) mass is 289 g/mol. The third kappa shape index (κ3) is 2.70. The summed E-state index contributed by atoms with van der Waals surface area (Å²) in [5.41, 5.74) is 3.33. The van der Waals surface area contributed by atoms with Crippen LogP contribution in [0.5, 0.6) is 5.75 Å². The highest BCUT2D eigenvalue weighted by Crippen LogP contribution is 2.72. The van der Waals surface area contributed by atoms with Crippen molar-refractivity contribution in [2.75, 3.05) is 13.2 Å². The van der Waals surface area contributed by atoms with Gasteiger partial charge in [-0.3, -0.25) is 0 Å². The number of aryl methyl sites for hydroxylation is 1.